The van der Waals surface area contributed by atoms with Gasteiger partial charge in [0.1, 0.15) is 40.7 Å². The Kier molecular flexibility index (Phi) is 13.6. The van der Waals surface area contributed by atoms with Gasteiger partial charge < -0.3 is 45.2 Å². The number of alkyl carbamates (subject to hydrolysis) is 1. The summed E-state index contributed by atoms with van der Waals surface area (Å²) in [5.41, 5.74) is 16.3. The summed E-state index contributed by atoms with van der Waals surface area (Å²) in [6.07, 6.45) is 4.68. The van der Waals surface area contributed by atoms with E-state index in [2.05, 4.69) is 20.8 Å². The van der Waals surface area contributed by atoms with Crippen molar-refractivity contribution in [3.05, 3.63) is 83.0 Å². The molecular formula is C44H49N13O9. The maximum atomic E-state index is 13.7. The molecule has 0 radical (unpaired) electrons. The minimum atomic E-state index is -1.09. The van der Waals surface area contributed by atoms with Gasteiger partial charge in [0, 0.05) is 60.8 Å². The molecule has 0 saturated heterocycles. The van der Waals surface area contributed by atoms with E-state index >= 15 is 0 Å². The van der Waals surface area contributed by atoms with Gasteiger partial charge in [0.2, 0.25) is 17.8 Å². The van der Waals surface area contributed by atoms with Crippen LogP contribution >= 0.6 is 0 Å². The normalized spacial score (nSPS) is 11.5. The van der Waals surface area contributed by atoms with E-state index in [1.165, 1.54) is 19.2 Å². The van der Waals surface area contributed by atoms with Gasteiger partial charge in [-0.15, -0.1) is 0 Å². The number of methoxy groups -OCH3 is 1. The van der Waals surface area contributed by atoms with Crippen LogP contribution < -0.4 is 31.6 Å². The first-order chi connectivity index (χ1) is 31.7. The van der Waals surface area contributed by atoms with Crippen molar-refractivity contribution in [1.29, 1.82) is 0 Å². The number of ether oxygens (including phenoxy) is 3. The second kappa shape index (κ2) is 19.6. The molecule has 4 amide bonds. The van der Waals surface area contributed by atoms with Gasteiger partial charge in [0.15, 0.2) is 5.82 Å². The van der Waals surface area contributed by atoms with E-state index in [9.17, 15) is 24.0 Å². The molecule has 7 aromatic rings. The summed E-state index contributed by atoms with van der Waals surface area (Å²) >= 11 is 0. The number of aromatic nitrogens is 9. The van der Waals surface area contributed by atoms with Crippen LogP contribution in [0, 0.1) is 13.8 Å². The fourth-order valence-electron chi connectivity index (χ4n) is 7.51. The van der Waals surface area contributed by atoms with Gasteiger partial charge >= 0.3 is 12.1 Å². The summed E-state index contributed by atoms with van der Waals surface area (Å²) in [5.74, 6) is -1.67. The van der Waals surface area contributed by atoms with E-state index in [1.807, 2.05) is 48.2 Å². The average molecular weight is 904 g/mol. The van der Waals surface area contributed by atoms with Crippen LogP contribution in [0.25, 0.3) is 44.5 Å². The number of amides is 4. The molecule has 0 atom stereocenters. The first-order valence-electron chi connectivity index (χ1n) is 21.0. The molecule has 0 bridgehead atoms. The molecule has 0 unspecified atom stereocenters. The predicted octanol–water partition coefficient (Wildman–Crippen LogP) is 4.34. The number of rotatable bonds is 20. The molecular weight excluding hydrogens is 855 g/mol. The van der Waals surface area contributed by atoms with Gasteiger partial charge in [0.25, 0.3) is 5.91 Å². The molecule has 0 aliphatic rings. The standard InChI is InChI=1S/C44H49N13O9/c1-6-56-31(17-24(3)52-56)40-48-23-29-28-19-26(38(45)60)22-34(65-15-10-12-47-44(63)66-16-11-35(58)59)36(28)54(41(29)50-40)13-8-9-14-55-37-30(20-27(39(46)61)21-33(37)64-5)49-43(55)51-42(62)32-18-25(4)53-57(32)7-2/h8-9,17-23H,6-7,10-16H2,1-5H3,(H2,45,60)(H2,46,61)(H,47,63)(H,58,59)(H,49,51,62). The number of carboxylic acid groups (broad SMARTS) is 1. The topological polar surface area (TPSA) is 294 Å². The number of aliphatic carboxylic acids is 1. The zero-order valence-electron chi connectivity index (χ0n) is 37.0. The van der Waals surface area contributed by atoms with E-state index in [1.54, 1.807) is 40.6 Å². The van der Waals surface area contributed by atoms with Crippen molar-refractivity contribution in [2.75, 3.05) is 32.2 Å². The second-order valence-corrected chi connectivity index (χ2v) is 15.0. The number of hydrogen-bond donors (Lipinski definition) is 5. The molecule has 7 N–H and O–H groups in total. The van der Waals surface area contributed by atoms with Crippen LogP contribution in [0.5, 0.6) is 11.5 Å². The number of anilines is 1. The van der Waals surface area contributed by atoms with Crippen molar-refractivity contribution in [3.8, 4) is 23.0 Å². The number of primary amides is 2. The number of nitrogens with one attached hydrogen (secondary N) is 2. The monoisotopic (exact) mass is 903 g/mol. The Balaban J connectivity index is 1.27. The Morgan fingerprint density at radius 3 is 2.18 bits per heavy atom. The summed E-state index contributed by atoms with van der Waals surface area (Å²) in [4.78, 5) is 76.0. The number of allylic oxidation sites excluding steroid dienone is 2. The number of carbonyl (C=O) groups is 5. The molecule has 7 rings (SSSR count). The molecule has 22 nitrogen and oxygen atoms in total. The maximum absolute atomic E-state index is 13.7. The van der Waals surface area contributed by atoms with Gasteiger partial charge in [-0.3, -0.25) is 33.9 Å². The smallest absolute Gasteiger partial charge is 0.407 e. The van der Waals surface area contributed by atoms with Gasteiger partial charge in [-0.05, 0) is 70.5 Å². The first kappa shape index (κ1) is 45.7. The third-order valence-electron chi connectivity index (χ3n) is 10.5. The number of fused-ring (bicyclic) bond motifs is 4. The minimum Gasteiger partial charge on any atom is -0.494 e. The fraction of sp³-hybridized carbons (Fsp3) is 0.318. The number of carbonyl (C=O) groups excluding carboxylic acids is 4. The van der Waals surface area contributed by atoms with Crippen molar-refractivity contribution in [1.82, 2.24) is 49.0 Å². The Morgan fingerprint density at radius 1 is 0.803 bits per heavy atom. The van der Waals surface area contributed by atoms with Gasteiger partial charge in [0.05, 0.1) is 42.6 Å². The van der Waals surface area contributed by atoms with Crippen LogP contribution in [0.4, 0.5) is 10.7 Å². The highest BCUT2D eigenvalue weighted by molar-refractivity contribution is 6.12. The van der Waals surface area contributed by atoms with Crippen molar-refractivity contribution in [3.63, 3.8) is 0 Å². The summed E-state index contributed by atoms with van der Waals surface area (Å²) in [6.45, 7) is 8.92. The van der Waals surface area contributed by atoms with Crippen molar-refractivity contribution in [2.24, 2.45) is 11.5 Å². The fourth-order valence-corrected chi connectivity index (χ4v) is 7.51. The molecule has 2 aromatic carbocycles. The summed E-state index contributed by atoms with van der Waals surface area (Å²) in [7, 11) is 1.46. The lowest BCUT2D eigenvalue weighted by Crippen LogP contribution is -2.27. The summed E-state index contributed by atoms with van der Waals surface area (Å²) in [5, 5.41) is 24.5. The molecule has 66 heavy (non-hydrogen) atoms. The van der Waals surface area contributed by atoms with E-state index < -0.39 is 29.8 Å². The number of carboxylic acids is 1. The van der Waals surface area contributed by atoms with Crippen molar-refractivity contribution in [2.45, 2.75) is 66.7 Å². The van der Waals surface area contributed by atoms with Crippen LogP contribution in [0.15, 0.2) is 54.7 Å². The molecule has 5 aromatic heterocycles. The van der Waals surface area contributed by atoms with Crippen LogP contribution in [0.3, 0.4) is 0 Å². The number of nitrogens with zero attached hydrogens (tertiary/aromatic N) is 9. The van der Waals surface area contributed by atoms with Crippen molar-refractivity contribution >= 4 is 68.7 Å². The SMILES string of the molecule is CCn1nc(C)cc1C(=O)Nc1nc2cc(C(N)=O)cc(OC)c2n1CC=CCn1c2nc(-c3cc(C)nn3CC)ncc2c2cc(C(N)=O)cc(OCCCNC(=O)OCCC(=O)O)c21. The Morgan fingerprint density at radius 2 is 1.48 bits per heavy atom. The molecule has 5 heterocycles. The lowest BCUT2D eigenvalue weighted by molar-refractivity contribution is -0.137. The quantitative estimate of drug-likeness (QED) is 0.0526. The molecule has 0 fully saturated rings. The lowest BCUT2D eigenvalue weighted by atomic mass is 10.1. The molecule has 0 aliphatic heterocycles. The maximum Gasteiger partial charge on any atom is 0.407 e. The average Bonchev–Trinajstić information content (AvgIpc) is 4.05. The highest BCUT2D eigenvalue weighted by Crippen LogP contribution is 2.37. The van der Waals surface area contributed by atoms with Gasteiger partial charge in [-0.2, -0.15) is 10.2 Å². The minimum absolute atomic E-state index is 0.0933. The largest absolute Gasteiger partial charge is 0.494 e. The van der Waals surface area contributed by atoms with Crippen LogP contribution in [0.1, 0.15) is 69.3 Å². The zero-order valence-corrected chi connectivity index (χ0v) is 37.0. The third kappa shape index (κ3) is 9.61. The summed E-state index contributed by atoms with van der Waals surface area (Å²) < 4.78 is 24.0. The highest BCUT2D eigenvalue weighted by atomic mass is 16.5. The predicted molar refractivity (Wildman–Crippen MR) is 241 cm³/mol. The van der Waals surface area contributed by atoms with E-state index in [4.69, 9.17) is 45.7 Å². The highest BCUT2D eigenvalue weighted by Gasteiger charge is 2.23. The van der Waals surface area contributed by atoms with Crippen LogP contribution in [-0.4, -0.2) is 105 Å². The Hall–Kier alpha value is -8.30. The van der Waals surface area contributed by atoms with Gasteiger partial charge in [-0.25, -0.2) is 19.7 Å². The second-order valence-electron chi connectivity index (χ2n) is 15.0. The van der Waals surface area contributed by atoms with E-state index in [0.717, 1.165) is 5.69 Å². The zero-order chi connectivity index (χ0) is 47.2. The van der Waals surface area contributed by atoms with Crippen molar-refractivity contribution < 1.29 is 43.3 Å². The van der Waals surface area contributed by atoms with Crippen LogP contribution in [0.2, 0.25) is 0 Å². The summed E-state index contributed by atoms with van der Waals surface area (Å²) in [6, 6.07) is 9.84. The number of aryl methyl sites for hydroxylation is 4. The molecule has 0 spiro atoms. The number of nitrogens with two attached hydrogens (primary N) is 2. The Bertz CT molecular complexity index is 3050. The Labute approximate surface area is 376 Å². The van der Waals surface area contributed by atoms with Crippen LogP contribution in [-0.2, 0) is 35.7 Å². The van der Waals surface area contributed by atoms with E-state index in [0.29, 0.717) is 86.9 Å². The van der Waals surface area contributed by atoms with Gasteiger partial charge in [-0.1, -0.05) is 12.2 Å². The van der Waals surface area contributed by atoms with E-state index in [-0.39, 0.29) is 56.3 Å². The molecule has 0 aliphatic carbocycles. The number of imidazole rings is 1. The molecule has 0 saturated carbocycles. The molecule has 344 valence electrons. The molecule has 22 heteroatoms. The number of hydrogen-bond acceptors (Lipinski definition) is 13. The number of benzene rings is 2. The lowest BCUT2D eigenvalue weighted by Gasteiger charge is -2.13. The first-order valence-corrected chi connectivity index (χ1v) is 21.0. The third-order valence-corrected chi connectivity index (χ3v) is 10.5.